The quantitative estimate of drug-likeness (QED) is 0.603. The Labute approximate surface area is 96.3 Å². The fourth-order valence-electron chi connectivity index (χ4n) is 0.852. The Balaban J connectivity index is 2.80. The lowest BCUT2D eigenvalue weighted by Crippen LogP contribution is -2.41. The van der Waals surface area contributed by atoms with Crippen LogP contribution in [0.2, 0.25) is 0 Å². The lowest BCUT2D eigenvalue weighted by atomic mass is 10.2. The summed E-state index contributed by atoms with van der Waals surface area (Å²) in [6.07, 6.45) is -10.9. The molecular weight excluding hydrogens is 299 g/mol. The van der Waals surface area contributed by atoms with Gasteiger partial charge in [0.1, 0.15) is 5.75 Å². The van der Waals surface area contributed by atoms with Crippen LogP contribution in [0.15, 0.2) is 24.3 Å². The fourth-order valence-corrected chi connectivity index (χ4v) is 1.23. The maximum Gasteiger partial charge on any atom is 0.499 e. The number of hydrogen-bond donors (Lipinski definition) is 0. The highest BCUT2D eigenvalue weighted by molar-refractivity contribution is 9.08. The van der Waals surface area contributed by atoms with Crippen molar-refractivity contribution >= 4 is 15.9 Å². The first kappa shape index (κ1) is 13.2. The fraction of sp³-hybridized carbons (Fsp3) is 0.333. The molecule has 90 valence electrons. The van der Waals surface area contributed by atoms with Crippen LogP contribution in [0.4, 0.5) is 22.0 Å². The number of benzene rings is 1. The third-order valence-corrected chi connectivity index (χ3v) is 2.30. The average molecular weight is 305 g/mol. The zero-order valence-electron chi connectivity index (χ0n) is 7.69. The summed E-state index contributed by atoms with van der Waals surface area (Å²) in [7, 11) is 0. The summed E-state index contributed by atoms with van der Waals surface area (Å²) in [5, 5.41) is 0.475. The predicted octanol–water partition coefficient (Wildman–Crippen LogP) is 4.12. The molecule has 0 N–H and O–H groups in total. The Morgan fingerprint density at radius 1 is 1.00 bits per heavy atom. The minimum absolute atomic E-state index is 0.475. The highest BCUT2D eigenvalue weighted by Crippen LogP contribution is 2.37. The van der Waals surface area contributed by atoms with Crippen molar-refractivity contribution in [1.29, 1.82) is 0 Å². The van der Waals surface area contributed by atoms with Gasteiger partial charge in [-0.25, -0.2) is 0 Å². The van der Waals surface area contributed by atoms with Gasteiger partial charge in [0.05, 0.1) is 0 Å². The summed E-state index contributed by atoms with van der Waals surface area (Å²) in [4.78, 5) is 0. The largest absolute Gasteiger partial charge is 0.499 e. The second-order valence-electron chi connectivity index (χ2n) is 2.89. The molecule has 0 bridgehead atoms. The second-order valence-corrected chi connectivity index (χ2v) is 3.45. The number of halogens is 6. The molecule has 0 aromatic heterocycles. The van der Waals surface area contributed by atoms with E-state index >= 15 is 0 Å². The van der Waals surface area contributed by atoms with Crippen molar-refractivity contribution < 1.29 is 26.7 Å². The summed E-state index contributed by atoms with van der Waals surface area (Å²) >= 11 is 3.11. The van der Waals surface area contributed by atoms with Gasteiger partial charge in [0.25, 0.3) is 0 Å². The molecule has 0 heterocycles. The van der Waals surface area contributed by atoms with E-state index in [1.54, 1.807) is 0 Å². The third-order valence-electron chi connectivity index (χ3n) is 1.65. The molecule has 0 aliphatic carbocycles. The molecule has 0 aliphatic heterocycles. The number of alkyl halides is 6. The van der Waals surface area contributed by atoms with Gasteiger partial charge in [0, 0.05) is 5.33 Å². The number of rotatable bonds is 3. The zero-order chi connectivity index (χ0) is 12.4. The predicted molar refractivity (Wildman–Crippen MR) is 50.7 cm³/mol. The van der Waals surface area contributed by atoms with Gasteiger partial charge in [0.2, 0.25) is 0 Å². The molecule has 0 saturated heterocycles. The first-order valence-electron chi connectivity index (χ1n) is 4.05. The highest BCUT2D eigenvalue weighted by atomic mass is 79.9. The molecule has 7 heteroatoms. The SMILES string of the molecule is FC(F)(F)C(F)(F)Oc1ccc(CBr)cc1. The van der Waals surface area contributed by atoms with Crippen molar-refractivity contribution in [3.8, 4) is 5.75 Å². The molecule has 1 aromatic rings. The van der Waals surface area contributed by atoms with Gasteiger partial charge in [-0.15, -0.1) is 0 Å². The maximum absolute atomic E-state index is 12.4. The molecule has 0 radical (unpaired) electrons. The Kier molecular flexibility index (Phi) is 3.77. The van der Waals surface area contributed by atoms with Crippen LogP contribution in [-0.4, -0.2) is 12.3 Å². The van der Waals surface area contributed by atoms with Gasteiger partial charge in [-0.2, -0.15) is 22.0 Å². The van der Waals surface area contributed by atoms with Crippen LogP contribution in [0.25, 0.3) is 0 Å². The maximum atomic E-state index is 12.4. The van der Waals surface area contributed by atoms with E-state index in [-0.39, 0.29) is 0 Å². The van der Waals surface area contributed by atoms with Crippen LogP contribution in [-0.2, 0) is 5.33 Å². The smallest absolute Gasteiger partial charge is 0.426 e. The van der Waals surface area contributed by atoms with Crippen LogP contribution in [0, 0.1) is 0 Å². The molecule has 1 nitrogen and oxygen atoms in total. The number of hydrogen-bond acceptors (Lipinski definition) is 1. The van der Waals surface area contributed by atoms with Gasteiger partial charge in [-0.3, -0.25) is 0 Å². The monoisotopic (exact) mass is 304 g/mol. The van der Waals surface area contributed by atoms with Crippen LogP contribution in [0.3, 0.4) is 0 Å². The van der Waals surface area contributed by atoms with E-state index in [9.17, 15) is 22.0 Å². The van der Waals surface area contributed by atoms with Gasteiger partial charge < -0.3 is 4.74 Å². The summed E-state index contributed by atoms with van der Waals surface area (Å²) < 4.78 is 63.8. The molecule has 1 aromatic carbocycles. The van der Waals surface area contributed by atoms with E-state index in [0.717, 1.165) is 17.7 Å². The van der Waals surface area contributed by atoms with Crippen molar-refractivity contribution in [2.24, 2.45) is 0 Å². The first-order valence-corrected chi connectivity index (χ1v) is 5.17. The highest BCUT2D eigenvalue weighted by Gasteiger charge is 2.61. The van der Waals surface area contributed by atoms with Crippen LogP contribution in [0.5, 0.6) is 5.75 Å². The van der Waals surface area contributed by atoms with E-state index in [1.807, 2.05) is 0 Å². The van der Waals surface area contributed by atoms with E-state index < -0.39 is 18.0 Å². The molecule has 0 atom stereocenters. The van der Waals surface area contributed by atoms with E-state index in [1.165, 1.54) is 12.1 Å². The number of ether oxygens (including phenoxy) is 1. The molecular formula is C9H6BrF5O. The summed E-state index contributed by atoms with van der Waals surface area (Å²) in [6, 6.07) is 4.87. The first-order chi connectivity index (χ1) is 7.26. The molecule has 0 fully saturated rings. The minimum Gasteiger partial charge on any atom is -0.426 e. The van der Waals surface area contributed by atoms with Crippen molar-refractivity contribution in [1.82, 2.24) is 0 Å². The van der Waals surface area contributed by atoms with Crippen LogP contribution >= 0.6 is 15.9 Å². The Morgan fingerprint density at radius 3 is 1.88 bits per heavy atom. The van der Waals surface area contributed by atoms with E-state index in [2.05, 4.69) is 20.7 Å². The van der Waals surface area contributed by atoms with Crippen LogP contribution < -0.4 is 4.74 Å². The standard InChI is InChI=1S/C9H6BrF5O/c10-5-6-1-3-7(4-2-6)16-9(14,15)8(11,12)13/h1-4H,5H2. The van der Waals surface area contributed by atoms with Crippen molar-refractivity contribution in [3.05, 3.63) is 29.8 Å². The Hall–Kier alpha value is -0.850. The van der Waals surface area contributed by atoms with Gasteiger partial charge >= 0.3 is 12.3 Å². The Bertz CT molecular complexity index is 346. The van der Waals surface area contributed by atoms with Gasteiger partial charge in [-0.1, -0.05) is 28.1 Å². The summed E-state index contributed by atoms with van der Waals surface area (Å²) in [5.41, 5.74) is 0.739. The molecule has 16 heavy (non-hydrogen) atoms. The van der Waals surface area contributed by atoms with E-state index in [0.29, 0.717) is 5.33 Å². The minimum atomic E-state index is -5.72. The topological polar surface area (TPSA) is 9.23 Å². The van der Waals surface area contributed by atoms with E-state index in [4.69, 9.17) is 0 Å². The normalized spacial score (nSPS) is 12.6. The van der Waals surface area contributed by atoms with Gasteiger partial charge in [0.15, 0.2) is 0 Å². The Morgan fingerprint density at radius 2 is 1.50 bits per heavy atom. The van der Waals surface area contributed by atoms with Crippen LogP contribution in [0.1, 0.15) is 5.56 Å². The van der Waals surface area contributed by atoms with Crippen molar-refractivity contribution in [2.75, 3.05) is 0 Å². The summed E-state index contributed by atoms with van der Waals surface area (Å²) in [5.74, 6) is -0.535. The molecule has 0 unspecified atom stereocenters. The molecule has 0 aliphatic rings. The van der Waals surface area contributed by atoms with Gasteiger partial charge in [-0.05, 0) is 17.7 Å². The lowest BCUT2D eigenvalue weighted by Gasteiger charge is -2.20. The average Bonchev–Trinajstić information content (AvgIpc) is 2.16. The molecule has 0 amide bonds. The van der Waals surface area contributed by atoms with Crippen molar-refractivity contribution in [3.63, 3.8) is 0 Å². The molecule has 1 rings (SSSR count). The van der Waals surface area contributed by atoms with Crippen molar-refractivity contribution in [2.45, 2.75) is 17.6 Å². The molecule has 0 saturated carbocycles. The zero-order valence-corrected chi connectivity index (χ0v) is 9.28. The summed E-state index contributed by atoms with van der Waals surface area (Å²) in [6.45, 7) is 0. The second kappa shape index (κ2) is 4.57. The third kappa shape index (κ3) is 3.07. The lowest BCUT2D eigenvalue weighted by molar-refractivity contribution is -0.360. The molecule has 0 spiro atoms.